The van der Waals surface area contributed by atoms with E-state index in [-0.39, 0.29) is 5.60 Å². The highest BCUT2D eigenvalue weighted by Gasteiger charge is 2.29. The second-order valence-electron chi connectivity index (χ2n) is 5.03. The summed E-state index contributed by atoms with van der Waals surface area (Å²) in [7, 11) is 1.78. The first-order valence-electron chi connectivity index (χ1n) is 6.61. The molecule has 2 N–H and O–H groups in total. The summed E-state index contributed by atoms with van der Waals surface area (Å²) < 4.78 is 5.75. The summed E-state index contributed by atoms with van der Waals surface area (Å²) in [4.78, 5) is 9.68. The number of aryl methyl sites for hydroxylation is 1. The van der Waals surface area contributed by atoms with Gasteiger partial charge in [-0.3, -0.25) is 4.99 Å². The molecule has 0 spiro atoms. The predicted molar refractivity (Wildman–Crippen MR) is 78.6 cm³/mol. The van der Waals surface area contributed by atoms with E-state index >= 15 is 0 Å². The minimum Gasteiger partial charge on any atom is -0.373 e. The number of aliphatic imine (C=N–C) groups is 1. The van der Waals surface area contributed by atoms with E-state index in [9.17, 15) is 0 Å². The summed E-state index contributed by atoms with van der Waals surface area (Å²) in [5.41, 5.74) is -0.0568. The minimum absolute atomic E-state index is 0.0568. The van der Waals surface area contributed by atoms with Gasteiger partial charge in [0.2, 0.25) is 0 Å². The molecule has 0 saturated carbocycles. The summed E-state index contributed by atoms with van der Waals surface area (Å²) >= 11 is 1.70. The molecule has 0 aromatic carbocycles. The second-order valence-corrected chi connectivity index (χ2v) is 6.35. The number of nitrogens with one attached hydrogen (secondary N) is 2. The zero-order chi connectivity index (χ0) is 13.7. The first kappa shape index (κ1) is 14.3. The zero-order valence-electron chi connectivity index (χ0n) is 11.8. The van der Waals surface area contributed by atoms with E-state index in [1.54, 1.807) is 18.4 Å². The van der Waals surface area contributed by atoms with Gasteiger partial charge in [-0.1, -0.05) is 0 Å². The van der Waals surface area contributed by atoms with E-state index in [4.69, 9.17) is 4.74 Å². The van der Waals surface area contributed by atoms with Crippen LogP contribution in [0.5, 0.6) is 0 Å². The summed E-state index contributed by atoms with van der Waals surface area (Å²) in [6, 6.07) is 0. The smallest absolute Gasteiger partial charge is 0.191 e. The molecule has 1 aromatic heterocycles. The Morgan fingerprint density at radius 1 is 1.58 bits per heavy atom. The van der Waals surface area contributed by atoms with Crippen LogP contribution in [0.4, 0.5) is 0 Å². The summed E-state index contributed by atoms with van der Waals surface area (Å²) in [6.45, 7) is 6.56. The van der Waals surface area contributed by atoms with Crippen molar-refractivity contribution in [2.45, 2.75) is 38.8 Å². The summed E-state index contributed by atoms with van der Waals surface area (Å²) in [5.74, 6) is 0.808. The fraction of sp³-hybridized carbons (Fsp3) is 0.692. The molecule has 106 valence electrons. The van der Waals surface area contributed by atoms with E-state index in [1.165, 1.54) is 4.88 Å². The van der Waals surface area contributed by atoms with Gasteiger partial charge in [-0.05, 0) is 26.7 Å². The van der Waals surface area contributed by atoms with E-state index in [0.29, 0.717) is 0 Å². The standard InChI is InChI=1S/C13H22N4OS/c1-10-15-7-11(19-10)8-16-12(14-3)17-9-13(2)5-4-6-18-13/h7H,4-6,8-9H2,1-3H3,(H2,14,16,17). The van der Waals surface area contributed by atoms with Crippen LogP contribution in [0, 0.1) is 6.92 Å². The van der Waals surface area contributed by atoms with Gasteiger partial charge in [-0.25, -0.2) is 4.98 Å². The van der Waals surface area contributed by atoms with Gasteiger partial charge in [-0.2, -0.15) is 0 Å². The number of guanidine groups is 1. The van der Waals surface area contributed by atoms with Gasteiger partial charge in [0.1, 0.15) is 0 Å². The molecule has 1 aromatic rings. The lowest BCUT2D eigenvalue weighted by atomic mass is 10.0. The van der Waals surface area contributed by atoms with Crippen molar-refractivity contribution in [1.82, 2.24) is 15.6 Å². The van der Waals surface area contributed by atoms with E-state index in [2.05, 4.69) is 27.5 Å². The molecule has 2 rings (SSSR count). The highest BCUT2D eigenvalue weighted by atomic mass is 32.1. The maximum Gasteiger partial charge on any atom is 0.191 e. The van der Waals surface area contributed by atoms with Crippen molar-refractivity contribution in [1.29, 1.82) is 0 Å². The molecule has 1 saturated heterocycles. The topological polar surface area (TPSA) is 58.5 Å². The summed E-state index contributed by atoms with van der Waals surface area (Å²) in [6.07, 6.45) is 4.15. The normalized spacial score (nSPS) is 23.6. The van der Waals surface area contributed by atoms with E-state index in [1.807, 2.05) is 13.1 Å². The lowest BCUT2D eigenvalue weighted by Crippen LogP contribution is -2.45. The number of hydrogen-bond acceptors (Lipinski definition) is 4. The Kier molecular flexibility index (Phi) is 4.76. The first-order valence-corrected chi connectivity index (χ1v) is 7.43. The first-order chi connectivity index (χ1) is 9.11. The van der Waals surface area contributed by atoms with Gasteiger partial charge in [0.25, 0.3) is 0 Å². The Morgan fingerprint density at radius 2 is 2.42 bits per heavy atom. The summed E-state index contributed by atoms with van der Waals surface area (Å²) in [5, 5.41) is 7.71. The number of thiazole rings is 1. The van der Waals surface area contributed by atoms with Gasteiger partial charge in [0.15, 0.2) is 5.96 Å². The third-order valence-electron chi connectivity index (χ3n) is 3.25. The molecule has 2 heterocycles. The van der Waals surface area contributed by atoms with Crippen LogP contribution < -0.4 is 10.6 Å². The van der Waals surface area contributed by atoms with Gasteiger partial charge in [-0.15, -0.1) is 11.3 Å². The number of rotatable bonds is 4. The van der Waals surface area contributed by atoms with Gasteiger partial charge < -0.3 is 15.4 Å². The molecule has 0 aliphatic carbocycles. The fourth-order valence-electron chi connectivity index (χ4n) is 2.13. The monoisotopic (exact) mass is 282 g/mol. The molecule has 1 fully saturated rings. The van der Waals surface area contributed by atoms with Crippen LogP contribution in [0.2, 0.25) is 0 Å². The van der Waals surface area contributed by atoms with Crippen LogP contribution in [-0.2, 0) is 11.3 Å². The van der Waals surface area contributed by atoms with Crippen molar-refractivity contribution in [2.75, 3.05) is 20.2 Å². The molecule has 1 unspecified atom stereocenters. The Balaban J connectivity index is 1.77. The van der Waals surface area contributed by atoms with Gasteiger partial charge >= 0.3 is 0 Å². The fourth-order valence-corrected chi connectivity index (χ4v) is 2.86. The predicted octanol–water partition coefficient (Wildman–Crippen LogP) is 1.69. The number of nitrogens with zero attached hydrogens (tertiary/aromatic N) is 2. The van der Waals surface area contributed by atoms with E-state index < -0.39 is 0 Å². The minimum atomic E-state index is -0.0568. The average molecular weight is 282 g/mol. The number of hydrogen-bond donors (Lipinski definition) is 2. The molecule has 19 heavy (non-hydrogen) atoms. The lowest BCUT2D eigenvalue weighted by molar-refractivity contribution is 0.0243. The van der Waals surface area contributed by atoms with E-state index in [0.717, 1.165) is 43.5 Å². The molecular formula is C13H22N4OS. The quantitative estimate of drug-likeness (QED) is 0.652. The van der Waals surface area contributed by atoms with Crippen LogP contribution in [-0.4, -0.2) is 36.7 Å². The Hall–Kier alpha value is -1.14. The Bertz CT molecular complexity index is 438. The molecule has 0 radical (unpaired) electrons. The number of ether oxygens (including phenoxy) is 1. The lowest BCUT2D eigenvalue weighted by Gasteiger charge is -2.24. The molecule has 0 amide bonds. The van der Waals surface area contributed by atoms with Crippen molar-refractivity contribution in [3.8, 4) is 0 Å². The van der Waals surface area contributed by atoms with Crippen molar-refractivity contribution >= 4 is 17.3 Å². The second kappa shape index (κ2) is 6.34. The highest BCUT2D eigenvalue weighted by molar-refractivity contribution is 7.11. The molecule has 0 bridgehead atoms. The molecule has 1 atom stereocenters. The third-order valence-corrected chi connectivity index (χ3v) is 4.17. The SMILES string of the molecule is CN=C(NCc1cnc(C)s1)NCC1(C)CCCO1. The van der Waals surface area contributed by atoms with Crippen LogP contribution >= 0.6 is 11.3 Å². The van der Waals surface area contributed by atoms with Crippen molar-refractivity contribution < 1.29 is 4.74 Å². The van der Waals surface area contributed by atoms with Crippen LogP contribution in [0.3, 0.4) is 0 Å². The van der Waals surface area contributed by atoms with Gasteiger partial charge in [0, 0.05) is 31.3 Å². The molecular weight excluding hydrogens is 260 g/mol. The number of aromatic nitrogens is 1. The maximum absolute atomic E-state index is 5.75. The zero-order valence-corrected chi connectivity index (χ0v) is 12.6. The third kappa shape index (κ3) is 4.18. The van der Waals surface area contributed by atoms with Crippen molar-refractivity contribution in [3.05, 3.63) is 16.1 Å². The molecule has 1 aliphatic rings. The Labute approximate surface area is 118 Å². The van der Waals surface area contributed by atoms with Crippen LogP contribution in [0.1, 0.15) is 29.7 Å². The maximum atomic E-state index is 5.75. The largest absolute Gasteiger partial charge is 0.373 e. The van der Waals surface area contributed by atoms with Crippen molar-refractivity contribution in [2.24, 2.45) is 4.99 Å². The molecule has 6 heteroatoms. The molecule has 1 aliphatic heterocycles. The molecule has 5 nitrogen and oxygen atoms in total. The highest BCUT2D eigenvalue weighted by Crippen LogP contribution is 2.23. The Morgan fingerprint density at radius 3 is 3.00 bits per heavy atom. The van der Waals surface area contributed by atoms with Gasteiger partial charge in [0.05, 0.1) is 17.2 Å². The van der Waals surface area contributed by atoms with Crippen molar-refractivity contribution in [3.63, 3.8) is 0 Å². The van der Waals surface area contributed by atoms with Crippen LogP contribution in [0.25, 0.3) is 0 Å². The average Bonchev–Trinajstić information content (AvgIpc) is 2.99. The van der Waals surface area contributed by atoms with Crippen LogP contribution in [0.15, 0.2) is 11.2 Å².